The second-order valence-corrected chi connectivity index (χ2v) is 5.21. The van der Waals surface area contributed by atoms with E-state index < -0.39 is 11.6 Å². The van der Waals surface area contributed by atoms with Crippen molar-refractivity contribution in [3.8, 4) is 0 Å². The Morgan fingerprint density at radius 1 is 1.23 bits per heavy atom. The van der Waals surface area contributed by atoms with E-state index in [1.165, 1.54) is 15.4 Å². The number of hydrogen-bond donors (Lipinski definition) is 0. The maximum atomic E-state index is 11.8. The number of imidazole rings is 1. The lowest BCUT2D eigenvalue weighted by molar-refractivity contribution is -0.392. The number of halogens is 1. The third-order valence-electron chi connectivity index (χ3n) is 3.33. The molecule has 0 amide bonds. The van der Waals surface area contributed by atoms with Gasteiger partial charge < -0.3 is 24.3 Å². The molecule has 144 valence electrons. The highest BCUT2D eigenvalue weighted by Crippen LogP contribution is 2.13. The molecule has 2 aromatic heterocycles. The predicted octanol–water partition coefficient (Wildman–Crippen LogP) is 0.868. The first-order valence-electron chi connectivity index (χ1n) is 7.96. The van der Waals surface area contributed by atoms with Crippen LogP contribution >= 0.6 is 0 Å². The molecule has 0 atom stereocenters. The number of nitrogens with zero attached hydrogens (tertiary/aromatic N) is 6. The predicted molar refractivity (Wildman–Crippen MR) is 86.0 cm³/mol. The summed E-state index contributed by atoms with van der Waals surface area (Å²) in [7, 11) is 0. The Bertz CT molecular complexity index is 691. The second-order valence-electron chi connectivity index (χ2n) is 5.21. The zero-order valence-corrected chi connectivity index (χ0v) is 14.4. The Balaban J connectivity index is 1.65. The molecular formula is C14H21FN6O5. The fraction of sp³-hybridized carbons (Fsp3) is 0.643. The molecule has 0 radical (unpaired) electrons. The van der Waals surface area contributed by atoms with E-state index >= 15 is 0 Å². The molecule has 0 aliphatic rings. The molecule has 0 aliphatic heterocycles. The van der Waals surface area contributed by atoms with E-state index in [9.17, 15) is 14.5 Å². The van der Waals surface area contributed by atoms with Crippen LogP contribution in [0.1, 0.15) is 11.5 Å². The van der Waals surface area contributed by atoms with Crippen LogP contribution < -0.4 is 0 Å². The van der Waals surface area contributed by atoms with Crippen LogP contribution in [0.15, 0.2) is 12.4 Å². The average molecular weight is 372 g/mol. The van der Waals surface area contributed by atoms with Gasteiger partial charge in [0.15, 0.2) is 5.82 Å². The minimum absolute atomic E-state index is 0.0678. The summed E-state index contributed by atoms with van der Waals surface area (Å²) in [5.41, 5.74) is 0.625. The van der Waals surface area contributed by atoms with Gasteiger partial charge in [0.2, 0.25) is 0 Å². The van der Waals surface area contributed by atoms with Crippen molar-refractivity contribution in [1.82, 2.24) is 24.5 Å². The average Bonchev–Trinajstić information content (AvgIpc) is 3.21. The van der Waals surface area contributed by atoms with Gasteiger partial charge in [0.25, 0.3) is 0 Å². The van der Waals surface area contributed by atoms with Crippen LogP contribution in [0.25, 0.3) is 0 Å². The van der Waals surface area contributed by atoms with E-state index in [0.717, 1.165) is 0 Å². The van der Waals surface area contributed by atoms with Gasteiger partial charge in [-0.3, -0.25) is 0 Å². The fourth-order valence-corrected chi connectivity index (χ4v) is 2.11. The molecule has 0 N–H and O–H groups in total. The minimum atomic E-state index is -0.512. The van der Waals surface area contributed by atoms with Crippen LogP contribution in [0.5, 0.6) is 0 Å². The van der Waals surface area contributed by atoms with Crippen molar-refractivity contribution in [2.45, 2.75) is 26.8 Å². The summed E-state index contributed by atoms with van der Waals surface area (Å²) in [5.74, 6) is 0.484. The van der Waals surface area contributed by atoms with E-state index in [4.69, 9.17) is 14.2 Å². The standard InChI is InChI=1S/C14H21FN6O5/c1-12-16-8-14(21(22)23)20(12)3-5-26-11-19-9-13(17-18-19)10-25-7-6-24-4-2-15/h8-9H,2-7,10-11H2,1H3. The molecular weight excluding hydrogens is 351 g/mol. The largest absolute Gasteiger partial charge is 0.376 e. The Labute approximate surface area is 148 Å². The van der Waals surface area contributed by atoms with Gasteiger partial charge in [-0.25, -0.2) is 18.6 Å². The van der Waals surface area contributed by atoms with Gasteiger partial charge in [-0.15, -0.1) is 5.10 Å². The molecule has 0 spiro atoms. The molecule has 2 heterocycles. The number of alkyl halides is 1. The van der Waals surface area contributed by atoms with Crippen LogP contribution in [0.4, 0.5) is 10.2 Å². The summed E-state index contributed by atoms with van der Waals surface area (Å²) in [6.07, 6.45) is 2.90. The summed E-state index contributed by atoms with van der Waals surface area (Å²) in [5, 5.41) is 18.7. The summed E-state index contributed by atoms with van der Waals surface area (Å²) in [6.45, 7) is 2.91. The molecule has 11 nitrogen and oxygen atoms in total. The number of aromatic nitrogens is 5. The van der Waals surface area contributed by atoms with Crippen LogP contribution in [0.3, 0.4) is 0 Å². The normalized spacial score (nSPS) is 11.2. The molecule has 12 heteroatoms. The van der Waals surface area contributed by atoms with E-state index in [1.54, 1.807) is 13.1 Å². The quantitative estimate of drug-likeness (QED) is 0.289. The van der Waals surface area contributed by atoms with Gasteiger partial charge in [-0.05, 0) is 4.92 Å². The van der Waals surface area contributed by atoms with E-state index in [0.29, 0.717) is 31.3 Å². The van der Waals surface area contributed by atoms with E-state index in [-0.39, 0.29) is 32.4 Å². The summed E-state index contributed by atoms with van der Waals surface area (Å²) >= 11 is 0. The smallest absolute Gasteiger partial charge is 0.342 e. The first-order chi connectivity index (χ1) is 12.6. The highest BCUT2D eigenvalue weighted by atomic mass is 19.1. The lowest BCUT2D eigenvalue weighted by Gasteiger charge is -2.04. The molecule has 26 heavy (non-hydrogen) atoms. The Kier molecular flexibility index (Phi) is 8.05. The minimum Gasteiger partial charge on any atom is -0.376 e. The van der Waals surface area contributed by atoms with Crippen molar-refractivity contribution in [1.29, 1.82) is 0 Å². The molecule has 0 bridgehead atoms. The lowest BCUT2D eigenvalue weighted by Crippen LogP contribution is -2.12. The van der Waals surface area contributed by atoms with Gasteiger partial charge in [0, 0.05) is 6.92 Å². The molecule has 0 aliphatic carbocycles. The van der Waals surface area contributed by atoms with E-state index in [2.05, 4.69) is 15.3 Å². The maximum Gasteiger partial charge on any atom is 0.342 e. The SMILES string of the molecule is Cc1ncc([N+](=O)[O-])n1CCOCn1cc(COCCOCCF)nn1. The van der Waals surface area contributed by atoms with Crippen LogP contribution in [-0.2, 0) is 34.1 Å². The molecule has 0 fully saturated rings. The van der Waals surface area contributed by atoms with Crippen molar-refractivity contribution in [2.75, 3.05) is 33.1 Å². The van der Waals surface area contributed by atoms with Crippen LogP contribution in [-0.4, -0.2) is 62.6 Å². The number of hydrogen-bond acceptors (Lipinski definition) is 8. The van der Waals surface area contributed by atoms with Gasteiger partial charge >= 0.3 is 5.82 Å². The topological polar surface area (TPSA) is 119 Å². The first kappa shape index (κ1) is 19.9. The number of nitro groups is 1. The summed E-state index contributed by atoms with van der Waals surface area (Å²) < 4.78 is 30.5. The van der Waals surface area contributed by atoms with Crippen molar-refractivity contribution in [3.05, 3.63) is 34.0 Å². The number of aryl methyl sites for hydroxylation is 1. The lowest BCUT2D eigenvalue weighted by atomic mass is 10.5. The maximum absolute atomic E-state index is 11.8. The molecule has 0 saturated heterocycles. The summed E-state index contributed by atoms with van der Waals surface area (Å²) in [6, 6.07) is 0. The molecule has 0 aromatic carbocycles. The van der Waals surface area contributed by atoms with Crippen molar-refractivity contribution >= 4 is 5.82 Å². The third-order valence-corrected chi connectivity index (χ3v) is 3.33. The second kappa shape index (κ2) is 10.5. The van der Waals surface area contributed by atoms with Gasteiger partial charge in [0.1, 0.15) is 31.8 Å². The van der Waals surface area contributed by atoms with Crippen molar-refractivity contribution in [3.63, 3.8) is 0 Å². The van der Waals surface area contributed by atoms with Gasteiger partial charge in [-0.1, -0.05) is 5.21 Å². The number of rotatable bonds is 13. The Hall–Kier alpha value is -2.44. The molecule has 0 saturated carbocycles. The van der Waals surface area contributed by atoms with Crippen LogP contribution in [0.2, 0.25) is 0 Å². The third kappa shape index (κ3) is 6.13. The molecule has 2 aromatic rings. The van der Waals surface area contributed by atoms with E-state index in [1.807, 2.05) is 0 Å². The number of ether oxygens (including phenoxy) is 3. The van der Waals surface area contributed by atoms with Gasteiger partial charge in [0.05, 0.1) is 39.2 Å². The monoisotopic (exact) mass is 372 g/mol. The molecule has 2 rings (SSSR count). The molecule has 0 unspecified atom stereocenters. The highest BCUT2D eigenvalue weighted by molar-refractivity contribution is 5.18. The summed E-state index contributed by atoms with van der Waals surface area (Å²) in [4.78, 5) is 14.3. The fourth-order valence-electron chi connectivity index (χ4n) is 2.11. The van der Waals surface area contributed by atoms with Crippen molar-refractivity contribution in [2.24, 2.45) is 0 Å². The Morgan fingerprint density at radius 3 is 2.81 bits per heavy atom. The van der Waals surface area contributed by atoms with Gasteiger partial charge in [-0.2, -0.15) is 0 Å². The Morgan fingerprint density at radius 2 is 2.04 bits per heavy atom. The zero-order valence-electron chi connectivity index (χ0n) is 14.4. The highest BCUT2D eigenvalue weighted by Gasteiger charge is 2.16. The van der Waals surface area contributed by atoms with Crippen molar-refractivity contribution < 1.29 is 23.5 Å². The first-order valence-corrected chi connectivity index (χ1v) is 7.96. The van der Waals surface area contributed by atoms with Crippen LogP contribution in [0, 0.1) is 17.0 Å². The zero-order chi connectivity index (χ0) is 18.8.